The molecule has 0 aromatic carbocycles. The molecule has 0 spiro atoms. The molecule has 0 aromatic heterocycles. The molecular weight excluding hydrogens is 160 g/mol. The molecule has 0 bridgehead atoms. The Balaban J connectivity index is 0. The first-order valence-corrected chi connectivity index (χ1v) is 0. The number of hydrogen-bond acceptors (Lipinski definition) is 0. The summed E-state index contributed by atoms with van der Waals surface area (Å²) in [6.45, 7) is 0. The largest absolute Gasteiger partial charge is 2.00 e. The molecule has 0 N–H and O–H groups in total. The van der Waals surface area contributed by atoms with Crippen LogP contribution in [0.15, 0.2) is 0 Å². The normalized spacial score (nSPS) is 0. The zero-order chi connectivity index (χ0) is 0. The predicted molar refractivity (Wildman–Crippen MR) is 27.3 cm³/mol. The van der Waals surface area contributed by atoms with Crippen LogP contribution >= 0.6 is 24.8 Å². The van der Waals surface area contributed by atoms with Gasteiger partial charge in [-0.25, -0.2) is 0 Å². The van der Waals surface area contributed by atoms with Crippen LogP contribution in [0, 0.1) is 14.9 Å². The molecule has 0 aliphatic heterocycles. The van der Waals surface area contributed by atoms with Crippen LogP contribution in [-0.2, 0) is 19.5 Å². The number of hydrogen-bond donors (Lipinski definition) is 0. The molecule has 0 aromatic rings. The molecule has 32 valence electrons. The van der Waals surface area contributed by atoms with Gasteiger partial charge in [-0.05, 0) is 0 Å². The van der Waals surface area contributed by atoms with Gasteiger partial charge in [0, 0.05) is 0 Å². The van der Waals surface area contributed by atoms with E-state index in [1.807, 2.05) is 0 Å². The van der Waals surface area contributed by atoms with Crippen LogP contribution in [0.3, 0.4) is 0 Å². The third-order valence-electron chi connectivity index (χ3n) is 0. The fraction of sp³-hybridized carbons (Fsp3) is 0. The summed E-state index contributed by atoms with van der Waals surface area (Å²) >= 11 is 0. The zero-order valence-corrected chi connectivity index (χ0v) is 8.12. The van der Waals surface area contributed by atoms with Gasteiger partial charge in [-0.15, -0.1) is 24.8 Å². The third-order valence-corrected chi connectivity index (χ3v) is 0. The second kappa shape index (κ2) is 63.5. The second-order valence-electron chi connectivity index (χ2n) is 0. The first kappa shape index (κ1) is 116. The van der Waals surface area contributed by atoms with Gasteiger partial charge in [0.15, 0.2) is 0 Å². The average molecular weight is 168 g/mol. The minimum absolute atomic E-state index is 0. The number of rotatable bonds is 0. The second-order valence-corrected chi connectivity index (χ2v) is 0. The van der Waals surface area contributed by atoms with E-state index in [2.05, 4.69) is 0 Å². The summed E-state index contributed by atoms with van der Waals surface area (Å²) in [6.07, 6.45) is 0. The van der Waals surface area contributed by atoms with Crippen LogP contribution in [0.1, 0.15) is 0 Å². The summed E-state index contributed by atoms with van der Waals surface area (Å²) in [5.74, 6) is 0. The van der Waals surface area contributed by atoms with Crippen LogP contribution in [-0.4, -0.2) is 0 Å². The minimum atomic E-state index is 0. The minimum Gasteiger partial charge on any atom is -0.358 e. The Labute approximate surface area is 59.3 Å². The predicted octanol–water partition coefficient (Wildman–Crippen LogP) is 1.74. The first-order chi connectivity index (χ1) is 0. The molecule has 0 aliphatic rings. The SMILES string of the molecule is Cl.Cl.[CH3-].[CH3-].[Zn+2]. The molecule has 0 heterocycles. The zero-order valence-electron chi connectivity index (χ0n) is 3.52. The maximum Gasteiger partial charge on any atom is 2.00 e. The van der Waals surface area contributed by atoms with Crippen molar-refractivity contribution < 1.29 is 19.5 Å². The van der Waals surface area contributed by atoms with Gasteiger partial charge in [0.05, 0.1) is 0 Å². The Morgan fingerprint density at radius 3 is 0.600 bits per heavy atom. The van der Waals surface area contributed by atoms with Crippen LogP contribution < -0.4 is 0 Å². The van der Waals surface area contributed by atoms with E-state index in [9.17, 15) is 0 Å². The molecule has 0 amide bonds. The van der Waals surface area contributed by atoms with E-state index in [0.29, 0.717) is 0 Å². The van der Waals surface area contributed by atoms with Gasteiger partial charge in [-0.2, -0.15) is 0 Å². The van der Waals surface area contributed by atoms with E-state index in [1.165, 1.54) is 0 Å². The molecule has 0 saturated carbocycles. The molecule has 0 atom stereocenters. The van der Waals surface area contributed by atoms with E-state index < -0.39 is 0 Å². The first-order valence-electron chi connectivity index (χ1n) is 0. The van der Waals surface area contributed by atoms with E-state index in [-0.39, 0.29) is 59.1 Å². The molecule has 0 saturated heterocycles. The molecule has 0 fully saturated rings. The Bertz CT molecular complexity index is 7.61. The molecule has 0 radical (unpaired) electrons. The van der Waals surface area contributed by atoms with Crippen molar-refractivity contribution in [1.29, 1.82) is 0 Å². The van der Waals surface area contributed by atoms with Crippen molar-refractivity contribution in [2.24, 2.45) is 0 Å². The van der Waals surface area contributed by atoms with E-state index >= 15 is 0 Å². The Kier molecular flexibility index (Phi) is 1470. The van der Waals surface area contributed by atoms with Crippen molar-refractivity contribution in [2.45, 2.75) is 0 Å². The van der Waals surface area contributed by atoms with Gasteiger partial charge in [-0.1, -0.05) is 0 Å². The van der Waals surface area contributed by atoms with Crippen molar-refractivity contribution in [1.82, 2.24) is 0 Å². The van der Waals surface area contributed by atoms with Crippen LogP contribution in [0.5, 0.6) is 0 Å². The monoisotopic (exact) mass is 166 g/mol. The molecule has 0 nitrogen and oxygen atoms in total. The topological polar surface area (TPSA) is 0 Å². The standard InChI is InChI=1S/2CH3.2ClH.Zn/h2*1H3;2*1H;/q2*-1;;;+2. The summed E-state index contributed by atoms with van der Waals surface area (Å²) in [5.41, 5.74) is 0. The fourth-order valence-electron chi connectivity index (χ4n) is 0. The van der Waals surface area contributed by atoms with Gasteiger partial charge in [0.25, 0.3) is 0 Å². The summed E-state index contributed by atoms with van der Waals surface area (Å²) < 4.78 is 0. The van der Waals surface area contributed by atoms with Crippen molar-refractivity contribution in [3.05, 3.63) is 14.9 Å². The fourth-order valence-corrected chi connectivity index (χ4v) is 0. The van der Waals surface area contributed by atoms with Gasteiger partial charge >= 0.3 is 19.5 Å². The molecular formula is C2H8Cl2Zn. The van der Waals surface area contributed by atoms with E-state index in [0.717, 1.165) is 0 Å². The summed E-state index contributed by atoms with van der Waals surface area (Å²) in [5, 5.41) is 0. The van der Waals surface area contributed by atoms with Crippen LogP contribution in [0.2, 0.25) is 0 Å². The molecule has 3 heteroatoms. The molecule has 0 rings (SSSR count). The maximum atomic E-state index is 0. The average Bonchev–Trinajstić information content (AvgIpc) is 0. The maximum absolute atomic E-state index is 0. The summed E-state index contributed by atoms with van der Waals surface area (Å²) in [6, 6.07) is 0. The van der Waals surface area contributed by atoms with E-state index in [1.54, 1.807) is 0 Å². The Hall–Kier alpha value is 1.20. The molecule has 0 aliphatic carbocycles. The van der Waals surface area contributed by atoms with Gasteiger partial charge in [0.1, 0.15) is 0 Å². The van der Waals surface area contributed by atoms with Gasteiger partial charge < -0.3 is 14.9 Å². The van der Waals surface area contributed by atoms with Crippen molar-refractivity contribution in [3.63, 3.8) is 0 Å². The Morgan fingerprint density at radius 2 is 0.600 bits per heavy atom. The third kappa shape index (κ3) is 36.9. The van der Waals surface area contributed by atoms with Crippen molar-refractivity contribution in [2.75, 3.05) is 0 Å². The number of halogens is 2. The van der Waals surface area contributed by atoms with Crippen LogP contribution in [0.4, 0.5) is 0 Å². The summed E-state index contributed by atoms with van der Waals surface area (Å²) in [4.78, 5) is 0. The molecule has 5 heavy (non-hydrogen) atoms. The van der Waals surface area contributed by atoms with Crippen molar-refractivity contribution >= 4 is 24.8 Å². The van der Waals surface area contributed by atoms with Crippen LogP contribution in [0.25, 0.3) is 0 Å². The quantitative estimate of drug-likeness (QED) is 0.382. The van der Waals surface area contributed by atoms with E-state index in [4.69, 9.17) is 0 Å². The summed E-state index contributed by atoms with van der Waals surface area (Å²) in [7, 11) is 0. The Morgan fingerprint density at radius 1 is 0.600 bits per heavy atom. The van der Waals surface area contributed by atoms with Gasteiger partial charge in [0.2, 0.25) is 0 Å². The van der Waals surface area contributed by atoms with Crippen molar-refractivity contribution in [3.8, 4) is 0 Å². The van der Waals surface area contributed by atoms with Gasteiger partial charge in [-0.3, -0.25) is 0 Å². The smallest absolute Gasteiger partial charge is 0.358 e. The molecule has 0 unspecified atom stereocenters.